The van der Waals surface area contributed by atoms with Crippen LogP contribution in [0.1, 0.15) is 12.1 Å². The number of hydrogen-bond donors (Lipinski definition) is 0. The smallest absolute Gasteiger partial charge is 0.258 e. The highest BCUT2D eigenvalue weighted by molar-refractivity contribution is 6.34. The van der Waals surface area contributed by atoms with Crippen LogP contribution in [0.5, 0.6) is 0 Å². The summed E-state index contributed by atoms with van der Waals surface area (Å²) in [5.41, 5.74) is -2.18. The molecule has 0 unspecified atom stereocenters. The number of benzene rings is 1. The predicted molar refractivity (Wildman–Crippen MR) is 69.1 cm³/mol. The molecule has 0 amide bonds. The highest BCUT2D eigenvalue weighted by atomic mass is 35.5. The van der Waals surface area contributed by atoms with Crippen LogP contribution in [0.4, 0.5) is 18.9 Å². The Morgan fingerprint density at radius 1 is 1.24 bits per heavy atom. The molecule has 5 nitrogen and oxygen atoms in total. The molecule has 0 N–H and O–H groups in total. The molecule has 0 bridgehead atoms. The summed E-state index contributed by atoms with van der Waals surface area (Å²) in [6, 6.07) is 1.47. The van der Waals surface area contributed by atoms with Gasteiger partial charge in [0.25, 0.3) is 12.1 Å². The van der Waals surface area contributed by atoms with Crippen LogP contribution in [0.15, 0.2) is 18.5 Å². The van der Waals surface area contributed by atoms with Crippen molar-refractivity contribution < 1.29 is 18.1 Å². The van der Waals surface area contributed by atoms with Gasteiger partial charge in [-0.15, -0.1) is 0 Å². The van der Waals surface area contributed by atoms with Gasteiger partial charge >= 0.3 is 0 Å². The second-order valence-electron chi connectivity index (χ2n) is 3.76. The van der Waals surface area contributed by atoms with Gasteiger partial charge in [-0.05, 0) is 0 Å². The van der Waals surface area contributed by atoms with Crippen molar-refractivity contribution in [2.45, 2.75) is 6.43 Å². The van der Waals surface area contributed by atoms with E-state index in [0.717, 1.165) is 12.4 Å². The number of aromatic nitrogens is 2. The first kappa shape index (κ1) is 15.5. The molecular formula is C11H4Cl2F3N3O2. The second kappa shape index (κ2) is 5.82. The van der Waals surface area contributed by atoms with Crippen molar-refractivity contribution in [2.75, 3.05) is 0 Å². The van der Waals surface area contributed by atoms with Gasteiger partial charge in [-0.25, -0.2) is 23.1 Å². The fourth-order valence-electron chi connectivity index (χ4n) is 1.58. The van der Waals surface area contributed by atoms with Crippen LogP contribution >= 0.6 is 23.2 Å². The molecule has 21 heavy (non-hydrogen) atoms. The highest BCUT2D eigenvalue weighted by Crippen LogP contribution is 2.37. The molecule has 0 atom stereocenters. The van der Waals surface area contributed by atoms with Gasteiger partial charge in [-0.2, -0.15) is 0 Å². The predicted octanol–water partition coefficient (Wildman–Crippen LogP) is 4.44. The van der Waals surface area contributed by atoms with Gasteiger partial charge in [0.2, 0.25) is 0 Å². The molecule has 2 aromatic rings. The Morgan fingerprint density at radius 3 is 2.48 bits per heavy atom. The van der Waals surface area contributed by atoms with Crippen LogP contribution in [0.3, 0.4) is 0 Å². The van der Waals surface area contributed by atoms with Gasteiger partial charge in [0.1, 0.15) is 22.9 Å². The zero-order valence-corrected chi connectivity index (χ0v) is 11.4. The number of nitro benzene ring substituents is 1. The number of nitro groups is 1. The van der Waals surface area contributed by atoms with Crippen LogP contribution in [0.25, 0.3) is 11.3 Å². The third kappa shape index (κ3) is 2.91. The van der Waals surface area contributed by atoms with Crippen molar-refractivity contribution in [3.8, 4) is 11.3 Å². The lowest BCUT2D eigenvalue weighted by Gasteiger charge is -2.08. The third-order valence-corrected chi connectivity index (χ3v) is 3.19. The van der Waals surface area contributed by atoms with Crippen molar-refractivity contribution in [2.24, 2.45) is 0 Å². The molecule has 2 rings (SSSR count). The summed E-state index contributed by atoms with van der Waals surface area (Å²) >= 11 is 11.2. The summed E-state index contributed by atoms with van der Waals surface area (Å²) in [6.07, 6.45) is -2.23. The van der Waals surface area contributed by atoms with Crippen LogP contribution in [0.2, 0.25) is 10.0 Å². The lowest BCUT2D eigenvalue weighted by molar-refractivity contribution is -0.384. The summed E-state index contributed by atoms with van der Waals surface area (Å²) in [6.45, 7) is 0. The maximum atomic E-state index is 13.9. The standard InChI is InChI=1S/C11H4Cl2F3N3O2/c12-5-2-6(14)4(1-7(5)19(20)21)9-8(13)10(11(15)16)18-3-17-9/h1-3,11H. The molecule has 0 aliphatic rings. The largest absolute Gasteiger partial charge is 0.288 e. The fraction of sp³-hybridized carbons (Fsp3) is 0.0909. The Kier molecular flexibility index (Phi) is 4.29. The maximum absolute atomic E-state index is 13.9. The molecule has 0 radical (unpaired) electrons. The number of rotatable bonds is 3. The molecule has 0 aliphatic carbocycles. The van der Waals surface area contributed by atoms with Gasteiger partial charge < -0.3 is 0 Å². The average Bonchev–Trinajstić information content (AvgIpc) is 2.39. The van der Waals surface area contributed by atoms with Crippen molar-refractivity contribution in [1.29, 1.82) is 0 Å². The minimum atomic E-state index is -3.00. The highest BCUT2D eigenvalue weighted by Gasteiger charge is 2.23. The Labute approximate surface area is 125 Å². The summed E-state index contributed by atoms with van der Waals surface area (Å²) in [5.74, 6) is -0.980. The van der Waals surface area contributed by atoms with E-state index >= 15 is 0 Å². The Balaban J connectivity index is 2.70. The number of nitrogens with zero attached hydrogens (tertiary/aromatic N) is 3. The van der Waals surface area contributed by atoms with Gasteiger partial charge in [-0.1, -0.05) is 23.2 Å². The topological polar surface area (TPSA) is 68.9 Å². The van der Waals surface area contributed by atoms with Crippen LogP contribution in [-0.2, 0) is 0 Å². The molecule has 1 aromatic carbocycles. The first-order valence-electron chi connectivity index (χ1n) is 5.25. The number of halogens is 5. The zero-order chi connectivity index (χ0) is 15.7. The van der Waals surface area contributed by atoms with E-state index in [-0.39, 0.29) is 5.69 Å². The fourth-order valence-corrected chi connectivity index (χ4v) is 2.08. The molecule has 0 saturated carbocycles. The molecular weight excluding hydrogens is 334 g/mol. The minimum Gasteiger partial charge on any atom is -0.258 e. The van der Waals surface area contributed by atoms with Crippen molar-refractivity contribution in [3.05, 3.63) is 50.1 Å². The Bertz CT molecular complexity index is 728. The summed E-state index contributed by atoms with van der Waals surface area (Å²) in [7, 11) is 0. The van der Waals surface area contributed by atoms with Crippen molar-refractivity contribution in [1.82, 2.24) is 9.97 Å². The SMILES string of the molecule is O=[N+]([O-])c1cc(-c2ncnc(C(F)F)c2Cl)c(F)cc1Cl. The Hall–Kier alpha value is -1.93. The molecule has 0 spiro atoms. The van der Waals surface area contributed by atoms with Gasteiger partial charge in [0.05, 0.1) is 15.6 Å². The van der Waals surface area contributed by atoms with Gasteiger partial charge in [0, 0.05) is 17.7 Å². The average molecular weight is 338 g/mol. The van der Waals surface area contributed by atoms with E-state index in [1.165, 1.54) is 0 Å². The molecule has 0 saturated heterocycles. The van der Waals surface area contributed by atoms with E-state index in [1.54, 1.807) is 0 Å². The van der Waals surface area contributed by atoms with Gasteiger partial charge in [0.15, 0.2) is 0 Å². The van der Waals surface area contributed by atoms with E-state index < -0.39 is 44.2 Å². The van der Waals surface area contributed by atoms with Gasteiger partial charge in [-0.3, -0.25) is 10.1 Å². The first-order chi connectivity index (χ1) is 9.82. The first-order valence-corrected chi connectivity index (χ1v) is 6.01. The zero-order valence-electron chi connectivity index (χ0n) is 9.86. The molecule has 0 fully saturated rings. The van der Waals surface area contributed by atoms with Crippen LogP contribution < -0.4 is 0 Å². The summed E-state index contributed by atoms with van der Waals surface area (Å²) < 4.78 is 39.3. The molecule has 110 valence electrons. The summed E-state index contributed by atoms with van der Waals surface area (Å²) in [5, 5.41) is 9.78. The Morgan fingerprint density at radius 2 is 1.90 bits per heavy atom. The van der Waals surface area contributed by atoms with E-state index in [4.69, 9.17) is 23.2 Å². The third-order valence-electron chi connectivity index (χ3n) is 2.51. The molecule has 1 aromatic heterocycles. The van der Waals surface area contributed by atoms with E-state index in [9.17, 15) is 23.3 Å². The quantitative estimate of drug-likeness (QED) is 0.613. The van der Waals surface area contributed by atoms with E-state index in [0.29, 0.717) is 6.07 Å². The van der Waals surface area contributed by atoms with Crippen LogP contribution in [0, 0.1) is 15.9 Å². The lowest BCUT2D eigenvalue weighted by atomic mass is 10.1. The van der Waals surface area contributed by atoms with Crippen molar-refractivity contribution >= 4 is 28.9 Å². The molecule has 0 aliphatic heterocycles. The minimum absolute atomic E-state index is 0.376. The normalized spacial score (nSPS) is 11.0. The van der Waals surface area contributed by atoms with Crippen molar-refractivity contribution in [3.63, 3.8) is 0 Å². The van der Waals surface area contributed by atoms with E-state index in [2.05, 4.69) is 9.97 Å². The molecule has 10 heteroatoms. The number of hydrogen-bond acceptors (Lipinski definition) is 4. The summed E-state index contributed by atoms with van der Waals surface area (Å²) in [4.78, 5) is 16.8. The molecule has 1 heterocycles. The monoisotopic (exact) mass is 337 g/mol. The lowest BCUT2D eigenvalue weighted by Crippen LogP contribution is -1.99. The second-order valence-corrected chi connectivity index (χ2v) is 4.55. The number of alkyl halides is 2. The van der Waals surface area contributed by atoms with Crippen LogP contribution in [-0.4, -0.2) is 14.9 Å². The van der Waals surface area contributed by atoms with E-state index in [1.807, 2.05) is 0 Å². The maximum Gasteiger partial charge on any atom is 0.288 e.